The molecule has 2 fully saturated rings. The van der Waals surface area contributed by atoms with Gasteiger partial charge in [-0.2, -0.15) is 5.26 Å². The van der Waals surface area contributed by atoms with Gasteiger partial charge in [-0.3, -0.25) is 4.79 Å². The predicted octanol–water partition coefficient (Wildman–Crippen LogP) is 6.54. The topological polar surface area (TPSA) is 68.5 Å². The van der Waals surface area contributed by atoms with Crippen LogP contribution in [0, 0.1) is 34.9 Å². The van der Waals surface area contributed by atoms with Crippen molar-refractivity contribution in [1.82, 2.24) is 0 Å². The van der Waals surface area contributed by atoms with E-state index in [0.717, 1.165) is 32.1 Å². The predicted molar refractivity (Wildman–Crippen MR) is 124 cm³/mol. The third kappa shape index (κ3) is 8.08. The van der Waals surface area contributed by atoms with Gasteiger partial charge in [0.1, 0.15) is 17.6 Å². The SMILES string of the molecule is CCCCCCCCCC1COC(C2CCC(C(=O)Oc3ccc(C#N)c(F)c3)CC2)OC1. The van der Waals surface area contributed by atoms with Gasteiger partial charge in [0, 0.05) is 17.9 Å². The fraction of sp³-hybridized carbons (Fsp3) is 0.704. The van der Waals surface area contributed by atoms with Crippen molar-refractivity contribution in [2.75, 3.05) is 13.2 Å². The number of rotatable bonds is 11. The van der Waals surface area contributed by atoms with Crippen molar-refractivity contribution < 1.29 is 23.4 Å². The summed E-state index contributed by atoms with van der Waals surface area (Å²) in [6.45, 7) is 3.79. The minimum absolute atomic E-state index is 0.0626. The Labute approximate surface area is 197 Å². The first kappa shape index (κ1) is 25.6. The van der Waals surface area contributed by atoms with E-state index in [0.29, 0.717) is 24.7 Å². The molecular formula is C27H38FNO4. The monoisotopic (exact) mass is 459 g/mol. The van der Waals surface area contributed by atoms with Gasteiger partial charge in [0.2, 0.25) is 0 Å². The first-order valence-electron chi connectivity index (χ1n) is 12.7. The maximum Gasteiger partial charge on any atom is 0.314 e. The van der Waals surface area contributed by atoms with Crippen molar-refractivity contribution in [2.45, 2.75) is 90.3 Å². The molecule has 1 heterocycles. The number of carbonyl (C=O) groups is 1. The van der Waals surface area contributed by atoms with Crippen molar-refractivity contribution >= 4 is 5.97 Å². The molecule has 0 radical (unpaired) electrons. The van der Waals surface area contributed by atoms with Crippen molar-refractivity contribution in [1.29, 1.82) is 5.26 Å². The Balaban J connectivity index is 1.31. The molecule has 0 N–H and O–H groups in total. The summed E-state index contributed by atoms with van der Waals surface area (Å²) in [7, 11) is 0. The van der Waals surface area contributed by atoms with Crippen molar-refractivity contribution in [2.24, 2.45) is 17.8 Å². The average Bonchev–Trinajstić information content (AvgIpc) is 2.84. The first-order chi connectivity index (χ1) is 16.1. The number of ether oxygens (including phenoxy) is 3. The zero-order chi connectivity index (χ0) is 23.5. The van der Waals surface area contributed by atoms with E-state index in [-0.39, 0.29) is 29.5 Å². The van der Waals surface area contributed by atoms with E-state index in [2.05, 4.69) is 6.92 Å². The van der Waals surface area contributed by atoms with E-state index < -0.39 is 5.82 Å². The highest BCUT2D eigenvalue weighted by atomic mass is 19.1. The lowest BCUT2D eigenvalue weighted by molar-refractivity contribution is -0.230. The zero-order valence-corrected chi connectivity index (χ0v) is 19.9. The van der Waals surface area contributed by atoms with Crippen molar-refractivity contribution in [3.63, 3.8) is 0 Å². The summed E-state index contributed by atoms with van der Waals surface area (Å²) in [5.74, 6) is -0.267. The maximum absolute atomic E-state index is 13.7. The number of hydrogen-bond donors (Lipinski definition) is 0. The molecule has 3 rings (SSSR count). The number of unbranched alkanes of at least 4 members (excludes halogenated alkanes) is 6. The highest BCUT2D eigenvalue weighted by molar-refractivity contribution is 5.75. The van der Waals surface area contributed by atoms with Crippen LogP contribution in [0.4, 0.5) is 4.39 Å². The van der Waals surface area contributed by atoms with E-state index in [9.17, 15) is 9.18 Å². The second-order valence-corrected chi connectivity index (χ2v) is 9.60. The molecule has 1 saturated carbocycles. The summed E-state index contributed by atoms with van der Waals surface area (Å²) in [4.78, 5) is 12.5. The average molecular weight is 460 g/mol. The van der Waals surface area contributed by atoms with E-state index in [4.69, 9.17) is 19.5 Å². The molecule has 1 saturated heterocycles. The molecule has 0 bridgehead atoms. The molecule has 6 heteroatoms. The minimum atomic E-state index is -0.677. The molecule has 0 aromatic heterocycles. The van der Waals surface area contributed by atoms with Crippen LogP contribution in [0.3, 0.4) is 0 Å². The second-order valence-electron chi connectivity index (χ2n) is 9.60. The fourth-order valence-electron chi connectivity index (χ4n) is 4.86. The standard InChI is InChI=1S/C27H38FNO4/c1-2-3-4-5-6-7-8-9-20-18-31-27(32-19-20)22-12-10-21(11-13-22)26(30)33-24-15-14-23(17-29)25(28)16-24/h14-16,20-22,27H,2-13,18-19H2,1H3. The second kappa shape index (κ2) is 13.7. The van der Waals surface area contributed by atoms with Gasteiger partial charge >= 0.3 is 5.97 Å². The number of carbonyl (C=O) groups excluding carboxylic acids is 1. The molecule has 0 atom stereocenters. The summed E-state index contributed by atoms with van der Waals surface area (Å²) in [5.41, 5.74) is -0.0626. The first-order valence-corrected chi connectivity index (χ1v) is 12.7. The maximum atomic E-state index is 13.7. The molecule has 1 aromatic carbocycles. The number of hydrogen-bond acceptors (Lipinski definition) is 5. The van der Waals surface area contributed by atoms with Crippen LogP contribution in [0.1, 0.15) is 89.5 Å². The van der Waals surface area contributed by atoms with Gasteiger partial charge in [0.15, 0.2) is 6.29 Å². The number of halogens is 1. The Bertz CT molecular complexity index is 777. The zero-order valence-electron chi connectivity index (χ0n) is 19.9. The van der Waals surface area contributed by atoms with Crippen LogP contribution in [0.5, 0.6) is 5.75 Å². The van der Waals surface area contributed by atoms with Crippen LogP contribution in [0.2, 0.25) is 0 Å². The van der Waals surface area contributed by atoms with Crippen LogP contribution in [0.25, 0.3) is 0 Å². The minimum Gasteiger partial charge on any atom is -0.426 e. The van der Waals surface area contributed by atoms with Crippen LogP contribution >= 0.6 is 0 Å². The third-order valence-electron chi connectivity index (χ3n) is 6.98. The van der Waals surface area contributed by atoms with E-state index in [1.165, 1.54) is 63.5 Å². The van der Waals surface area contributed by atoms with Crippen molar-refractivity contribution in [3.05, 3.63) is 29.6 Å². The van der Waals surface area contributed by atoms with E-state index in [1.54, 1.807) is 6.07 Å². The molecule has 1 aromatic rings. The van der Waals surface area contributed by atoms with Gasteiger partial charge in [-0.05, 0) is 44.2 Å². The van der Waals surface area contributed by atoms with Gasteiger partial charge in [-0.25, -0.2) is 4.39 Å². The number of nitriles is 1. The summed E-state index contributed by atoms with van der Waals surface area (Å²) in [6, 6.07) is 5.63. The van der Waals surface area contributed by atoms with Crippen LogP contribution in [-0.2, 0) is 14.3 Å². The van der Waals surface area contributed by atoms with Gasteiger partial charge < -0.3 is 14.2 Å². The number of esters is 1. The molecule has 2 aliphatic rings. The lowest BCUT2D eigenvalue weighted by Crippen LogP contribution is -2.39. The number of nitrogens with zero attached hydrogens (tertiary/aromatic N) is 1. The van der Waals surface area contributed by atoms with E-state index in [1.807, 2.05) is 0 Å². The van der Waals surface area contributed by atoms with Crippen LogP contribution in [0.15, 0.2) is 18.2 Å². The quantitative estimate of drug-likeness (QED) is 0.213. The highest BCUT2D eigenvalue weighted by Crippen LogP contribution is 2.35. The Morgan fingerprint density at radius 2 is 1.73 bits per heavy atom. The summed E-state index contributed by atoms with van der Waals surface area (Å²) < 4.78 is 31.2. The molecule has 0 spiro atoms. The normalized spacial score (nSPS) is 25.4. The number of benzene rings is 1. The fourth-order valence-corrected chi connectivity index (χ4v) is 4.86. The molecule has 0 unspecified atom stereocenters. The van der Waals surface area contributed by atoms with Crippen LogP contribution < -0.4 is 4.74 Å². The molecule has 1 aliphatic heterocycles. The van der Waals surface area contributed by atoms with E-state index >= 15 is 0 Å². The summed E-state index contributed by atoms with van der Waals surface area (Å²) in [5, 5.41) is 8.81. The Kier molecular flexibility index (Phi) is 10.6. The van der Waals surface area contributed by atoms with Gasteiger partial charge in [-0.1, -0.05) is 51.9 Å². The largest absolute Gasteiger partial charge is 0.426 e. The third-order valence-corrected chi connectivity index (χ3v) is 6.98. The Hall–Kier alpha value is -1.97. The van der Waals surface area contributed by atoms with Gasteiger partial charge in [-0.15, -0.1) is 0 Å². The summed E-state index contributed by atoms with van der Waals surface area (Å²) in [6.07, 6.45) is 13.4. The molecule has 33 heavy (non-hydrogen) atoms. The summed E-state index contributed by atoms with van der Waals surface area (Å²) >= 11 is 0. The smallest absolute Gasteiger partial charge is 0.314 e. The lowest BCUT2D eigenvalue weighted by Gasteiger charge is -2.37. The Morgan fingerprint density at radius 3 is 2.36 bits per heavy atom. The molecule has 1 aliphatic carbocycles. The van der Waals surface area contributed by atoms with Crippen molar-refractivity contribution in [3.8, 4) is 11.8 Å². The molecule has 182 valence electrons. The molecular weight excluding hydrogens is 421 g/mol. The lowest BCUT2D eigenvalue weighted by atomic mass is 9.81. The van der Waals surface area contributed by atoms with Gasteiger partial charge in [0.25, 0.3) is 0 Å². The molecule has 0 amide bonds. The molecule has 5 nitrogen and oxygen atoms in total. The van der Waals surface area contributed by atoms with Crippen LogP contribution in [-0.4, -0.2) is 25.5 Å². The Morgan fingerprint density at radius 1 is 1.06 bits per heavy atom. The highest BCUT2D eigenvalue weighted by Gasteiger charge is 2.35. The van der Waals surface area contributed by atoms with Gasteiger partial charge in [0.05, 0.1) is 24.7 Å².